The van der Waals surface area contributed by atoms with Crippen LogP contribution in [0, 0.1) is 0 Å². The van der Waals surface area contributed by atoms with E-state index >= 15 is 0 Å². The summed E-state index contributed by atoms with van der Waals surface area (Å²) >= 11 is -3.92. The van der Waals surface area contributed by atoms with E-state index in [1.165, 1.54) is 12.1 Å². The molecule has 0 saturated heterocycles. The molecule has 1 fully saturated rings. The smallest absolute Gasteiger partial charge is 0.419 e. The van der Waals surface area contributed by atoms with Crippen LogP contribution in [0.15, 0.2) is 24.3 Å². The lowest BCUT2D eigenvalue weighted by Crippen LogP contribution is -2.51. The second-order valence-electron chi connectivity index (χ2n) is 6.41. The molecule has 0 unspecified atom stereocenters. The highest BCUT2D eigenvalue weighted by molar-refractivity contribution is 8.13. The zero-order chi connectivity index (χ0) is 24.6. The molecule has 32 heavy (non-hydrogen) atoms. The molecule has 1 N–H and O–H groups in total. The maximum Gasteiger partial charge on any atom is 0.456 e. The quantitative estimate of drug-likeness (QED) is 0.193. The first-order valence-corrected chi connectivity index (χ1v) is 11.9. The third-order valence-corrected chi connectivity index (χ3v) is 6.41. The van der Waals surface area contributed by atoms with Crippen molar-refractivity contribution in [2.45, 2.75) is 73.8 Å². The van der Waals surface area contributed by atoms with Gasteiger partial charge in [0, 0.05) is 23.9 Å². The van der Waals surface area contributed by atoms with E-state index in [9.17, 15) is 39.5 Å². The predicted octanol–water partition coefficient (Wildman–Crippen LogP) is 9.01. The van der Waals surface area contributed by atoms with E-state index in [0.29, 0.717) is 5.92 Å². The number of hydrogen-bond acceptors (Lipinski definition) is 5. The van der Waals surface area contributed by atoms with Crippen LogP contribution >= 0.6 is 35.9 Å². The van der Waals surface area contributed by atoms with Gasteiger partial charge in [-0.2, -0.15) is 43.6 Å². The largest absolute Gasteiger partial charge is 0.456 e. The summed E-state index contributed by atoms with van der Waals surface area (Å²) in [7, 11) is 0. The van der Waals surface area contributed by atoms with Crippen LogP contribution in [0.4, 0.5) is 39.5 Å². The molecule has 0 aliphatic heterocycles. The van der Waals surface area contributed by atoms with E-state index in [2.05, 4.69) is 4.18 Å². The topological polar surface area (TPSA) is 21.3 Å². The summed E-state index contributed by atoms with van der Waals surface area (Å²) in [6.45, 7) is 4.00. The van der Waals surface area contributed by atoms with E-state index in [-0.39, 0.29) is 5.75 Å². The third kappa shape index (κ3) is 8.32. The average Bonchev–Trinajstić information content (AvgIpc) is 2.73. The molecule has 0 bridgehead atoms. The first kappa shape index (κ1) is 29.4. The fourth-order valence-corrected chi connectivity index (χ4v) is 4.57. The Kier molecular flexibility index (Phi) is 11.2. The Hall–Kier alpha value is -0.600. The molecule has 0 atom stereocenters. The van der Waals surface area contributed by atoms with Crippen molar-refractivity contribution in [3.8, 4) is 5.75 Å². The van der Waals surface area contributed by atoms with Crippen molar-refractivity contribution in [2.75, 3.05) is 0 Å². The molecular formula is C18H22F9NOS3. The summed E-state index contributed by atoms with van der Waals surface area (Å²) in [5.41, 5.74) is -4.14. The molecule has 0 spiro atoms. The van der Waals surface area contributed by atoms with Crippen LogP contribution in [0.2, 0.25) is 0 Å². The number of halogens is 9. The second kappa shape index (κ2) is 12.2. The number of nitrogens with one attached hydrogen (secondary N) is 1. The van der Waals surface area contributed by atoms with Crippen LogP contribution in [0.25, 0.3) is 0 Å². The molecule has 1 saturated carbocycles. The SMILES string of the molecule is CC.FC(F)(F)SNSC(F)(F)C(F)(F)C(F)(F)SOc1ccc(C2CCCCC2)cc1. The van der Waals surface area contributed by atoms with Crippen LogP contribution in [-0.4, -0.2) is 21.9 Å². The number of rotatable bonds is 9. The number of benzene rings is 1. The Labute approximate surface area is 193 Å². The van der Waals surface area contributed by atoms with E-state index in [1.807, 2.05) is 13.8 Å². The monoisotopic (exact) mass is 535 g/mol. The van der Waals surface area contributed by atoms with Crippen molar-refractivity contribution in [1.82, 2.24) is 4.13 Å². The minimum absolute atomic E-state index is 0.253. The van der Waals surface area contributed by atoms with Gasteiger partial charge in [-0.05, 0) is 36.5 Å². The molecule has 1 aromatic rings. The molecule has 0 aromatic heterocycles. The highest BCUT2D eigenvalue weighted by atomic mass is 32.2. The first-order valence-electron chi connectivity index (χ1n) is 9.52. The molecule has 2 nitrogen and oxygen atoms in total. The van der Waals surface area contributed by atoms with Gasteiger partial charge in [0.15, 0.2) is 0 Å². The van der Waals surface area contributed by atoms with Crippen molar-refractivity contribution in [1.29, 1.82) is 0 Å². The van der Waals surface area contributed by atoms with E-state index in [1.54, 1.807) is 12.1 Å². The molecule has 1 aliphatic carbocycles. The van der Waals surface area contributed by atoms with Gasteiger partial charge >= 0.3 is 21.9 Å². The van der Waals surface area contributed by atoms with Crippen LogP contribution < -0.4 is 8.31 Å². The maximum absolute atomic E-state index is 13.8. The summed E-state index contributed by atoms with van der Waals surface area (Å²) in [5, 5.41) is -11.0. The summed E-state index contributed by atoms with van der Waals surface area (Å²) in [6, 6.07) is 5.70. The van der Waals surface area contributed by atoms with Crippen molar-refractivity contribution < 1.29 is 43.7 Å². The van der Waals surface area contributed by atoms with Crippen LogP contribution in [0.5, 0.6) is 5.75 Å². The van der Waals surface area contributed by atoms with Crippen LogP contribution in [0.1, 0.15) is 57.4 Å². The van der Waals surface area contributed by atoms with Gasteiger partial charge in [0.05, 0.1) is 0 Å². The Morgan fingerprint density at radius 1 is 0.781 bits per heavy atom. The minimum atomic E-state index is -6.02. The molecule has 1 aromatic carbocycles. The fourth-order valence-electron chi connectivity index (χ4n) is 2.74. The fraction of sp³-hybridized carbons (Fsp3) is 0.667. The van der Waals surface area contributed by atoms with Gasteiger partial charge in [-0.3, -0.25) is 0 Å². The normalized spacial score (nSPS) is 16.3. The standard InChI is InChI=1S/C16H16F9NOS3.C2H6/c17-13(18,14(19,20)28-26-29-16(23,24)25)15(21,22)30-27-12-8-6-11(7-9-12)10-4-2-1-3-5-10;1-2/h6-10,26H,1-5H2;1-2H3. The Balaban J connectivity index is 0.00000249. The van der Waals surface area contributed by atoms with Crippen molar-refractivity contribution in [2.24, 2.45) is 0 Å². The summed E-state index contributed by atoms with van der Waals surface area (Å²) in [5.74, 6) is -5.97. The molecule has 14 heteroatoms. The summed E-state index contributed by atoms with van der Waals surface area (Å²) in [6.07, 6.45) is 5.18. The molecule has 0 radical (unpaired) electrons. The van der Waals surface area contributed by atoms with Gasteiger partial charge in [-0.15, -0.1) is 0 Å². The van der Waals surface area contributed by atoms with Crippen molar-refractivity contribution in [3.63, 3.8) is 0 Å². The lowest BCUT2D eigenvalue weighted by molar-refractivity contribution is -0.238. The second-order valence-corrected chi connectivity index (χ2v) is 9.31. The molecule has 0 heterocycles. The van der Waals surface area contributed by atoms with E-state index in [0.717, 1.165) is 41.8 Å². The summed E-state index contributed by atoms with van der Waals surface area (Å²) < 4.78 is 123. The highest BCUT2D eigenvalue weighted by Crippen LogP contribution is 2.55. The third-order valence-electron chi connectivity index (χ3n) is 4.26. The number of alkyl halides is 9. The zero-order valence-electron chi connectivity index (χ0n) is 17.0. The molecule has 0 amide bonds. The minimum Gasteiger partial charge on any atom is -0.419 e. The van der Waals surface area contributed by atoms with Crippen molar-refractivity contribution >= 4 is 35.9 Å². The van der Waals surface area contributed by atoms with E-state index in [4.69, 9.17) is 0 Å². The maximum atomic E-state index is 13.8. The van der Waals surface area contributed by atoms with Crippen molar-refractivity contribution in [3.05, 3.63) is 29.8 Å². The molecule has 186 valence electrons. The van der Waals surface area contributed by atoms with Gasteiger partial charge in [0.25, 0.3) is 0 Å². The first-order chi connectivity index (χ1) is 14.8. The highest BCUT2D eigenvalue weighted by Gasteiger charge is 2.74. The van der Waals surface area contributed by atoms with Gasteiger partial charge in [-0.25, -0.2) is 0 Å². The summed E-state index contributed by atoms with van der Waals surface area (Å²) in [4.78, 5) is 0. The Morgan fingerprint density at radius 3 is 1.81 bits per heavy atom. The Bertz CT molecular complexity index is 681. The predicted molar refractivity (Wildman–Crippen MR) is 111 cm³/mol. The van der Waals surface area contributed by atoms with Crippen LogP contribution in [0.3, 0.4) is 0 Å². The van der Waals surface area contributed by atoms with Gasteiger partial charge < -0.3 is 4.18 Å². The lowest BCUT2D eigenvalue weighted by atomic mass is 9.84. The van der Waals surface area contributed by atoms with Gasteiger partial charge in [0.2, 0.25) is 0 Å². The van der Waals surface area contributed by atoms with E-state index < -0.39 is 57.9 Å². The molecular weight excluding hydrogens is 513 g/mol. The van der Waals surface area contributed by atoms with Gasteiger partial charge in [-0.1, -0.05) is 45.2 Å². The van der Waals surface area contributed by atoms with Crippen LogP contribution in [-0.2, 0) is 0 Å². The average molecular weight is 536 g/mol. The number of hydrogen-bond donors (Lipinski definition) is 1. The Morgan fingerprint density at radius 2 is 1.31 bits per heavy atom. The molecule has 1 aliphatic rings. The lowest BCUT2D eigenvalue weighted by Gasteiger charge is -2.30. The van der Waals surface area contributed by atoms with Gasteiger partial charge in [0.1, 0.15) is 17.8 Å². The zero-order valence-corrected chi connectivity index (χ0v) is 19.4. The molecule has 2 rings (SSSR count).